The molecule has 1 aliphatic rings. The number of nitrogens with one attached hydrogen (secondary N) is 1. The van der Waals surface area contributed by atoms with Gasteiger partial charge in [0.1, 0.15) is 22.9 Å². The van der Waals surface area contributed by atoms with Crippen LogP contribution in [0.4, 0.5) is 4.39 Å². The van der Waals surface area contributed by atoms with E-state index in [2.05, 4.69) is 54.7 Å². The van der Waals surface area contributed by atoms with E-state index in [9.17, 15) is 4.79 Å². The van der Waals surface area contributed by atoms with Crippen LogP contribution in [0.3, 0.4) is 0 Å². The Morgan fingerprint density at radius 3 is 2.62 bits per heavy atom. The summed E-state index contributed by atoms with van der Waals surface area (Å²) in [5, 5.41) is 8.22. The molecule has 0 spiro atoms. The molecule has 7 nitrogen and oxygen atoms in total. The van der Waals surface area contributed by atoms with Crippen molar-refractivity contribution in [3.8, 4) is 5.69 Å². The Kier molecular flexibility index (Phi) is 5.11. The average molecular weight is 459 g/mol. The minimum atomic E-state index is -0.574. The molecule has 3 heterocycles. The fourth-order valence-electron chi connectivity index (χ4n) is 4.43. The highest BCUT2D eigenvalue weighted by molar-refractivity contribution is 5.99. The largest absolute Gasteiger partial charge is 0.340 e. The zero-order chi connectivity index (χ0) is 24.2. The molecule has 1 saturated heterocycles. The maximum absolute atomic E-state index is 15.3. The summed E-state index contributed by atoms with van der Waals surface area (Å²) in [6, 6.07) is 9.10. The minimum absolute atomic E-state index is 0.00339. The molecule has 8 heteroatoms. The Morgan fingerprint density at radius 2 is 1.91 bits per heavy atom. The number of amides is 1. The number of H-pyrrole nitrogens is 1. The second-order valence-electron chi connectivity index (χ2n) is 9.92. The highest BCUT2D eigenvalue weighted by atomic mass is 19.1. The zero-order valence-electron chi connectivity index (χ0n) is 19.8. The van der Waals surface area contributed by atoms with Crippen molar-refractivity contribution >= 4 is 16.9 Å². The molecule has 0 bridgehead atoms. The average Bonchev–Trinajstić information content (AvgIpc) is 3.53. The Balaban J connectivity index is 1.57. The molecule has 0 aliphatic carbocycles. The molecule has 1 N–H and O–H groups in total. The van der Waals surface area contributed by atoms with E-state index in [-0.39, 0.29) is 17.0 Å². The summed E-state index contributed by atoms with van der Waals surface area (Å²) in [4.78, 5) is 24.9. The lowest BCUT2D eigenvalue weighted by molar-refractivity contribution is 0.0727. The van der Waals surface area contributed by atoms with Crippen LogP contribution >= 0.6 is 0 Å². The SMILES string of the molecule is C=C1CC(c2nc3cc(C(C)(C)C)ccc3[nH]2)N(C(=O)c2c(-n3nccn3)ccc(C)c2F)C1. The fourth-order valence-corrected chi connectivity index (χ4v) is 4.43. The van der Waals surface area contributed by atoms with Crippen LogP contribution in [0.2, 0.25) is 0 Å². The molecule has 1 amide bonds. The fraction of sp³-hybridized carbons (Fsp3) is 0.308. The second-order valence-corrected chi connectivity index (χ2v) is 9.92. The molecule has 4 aromatic rings. The number of aromatic nitrogens is 5. The van der Waals surface area contributed by atoms with E-state index in [0.717, 1.165) is 16.6 Å². The first kappa shape index (κ1) is 22.0. The first-order chi connectivity index (χ1) is 16.1. The predicted octanol–water partition coefficient (Wildman–Crippen LogP) is 5.03. The van der Waals surface area contributed by atoms with E-state index in [1.807, 2.05) is 6.07 Å². The molecule has 2 aromatic heterocycles. The van der Waals surface area contributed by atoms with Crippen molar-refractivity contribution in [2.75, 3.05) is 6.54 Å². The Bertz CT molecular complexity index is 1410. The van der Waals surface area contributed by atoms with Gasteiger partial charge in [0.25, 0.3) is 5.91 Å². The van der Waals surface area contributed by atoms with Gasteiger partial charge in [-0.05, 0) is 48.1 Å². The number of hydrogen-bond donors (Lipinski definition) is 1. The van der Waals surface area contributed by atoms with Crippen LogP contribution in [0, 0.1) is 12.7 Å². The van der Waals surface area contributed by atoms with Gasteiger partial charge in [0.2, 0.25) is 0 Å². The maximum Gasteiger partial charge on any atom is 0.260 e. The molecule has 0 saturated carbocycles. The van der Waals surface area contributed by atoms with Crippen molar-refractivity contribution in [1.29, 1.82) is 0 Å². The van der Waals surface area contributed by atoms with Gasteiger partial charge in [0.15, 0.2) is 0 Å². The summed E-state index contributed by atoms with van der Waals surface area (Å²) in [7, 11) is 0. The van der Waals surface area contributed by atoms with Crippen LogP contribution in [0.25, 0.3) is 16.7 Å². The summed E-state index contributed by atoms with van der Waals surface area (Å²) in [6.45, 7) is 12.5. The van der Waals surface area contributed by atoms with Gasteiger partial charge in [-0.2, -0.15) is 15.0 Å². The van der Waals surface area contributed by atoms with Gasteiger partial charge in [-0.1, -0.05) is 45.1 Å². The van der Waals surface area contributed by atoms with Gasteiger partial charge in [0.05, 0.1) is 29.5 Å². The van der Waals surface area contributed by atoms with Crippen molar-refractivity contribution in [1.82, 2.24) is 29.9 Å². The number of fused-ring (bicyclic) bond motifs is 1. The van der Waals surface area contributed by atoms with Crippen molar-refractivity contribution < 1.29 is 9.18 Å². The molecule has 174 valence electrons. The quantitative estimate of drug-likeness (QED) is 0.437. The second kappa shape index (κ2) is 7.90. The van der Waals surface area contributed by atoms with E-state index in [1.54, 1.807) is 24.0 Å². The molecule has 2 aromatic carbocycles. The van der Waals surface area contributed by atoms with E-state index >= 15 is 4.39 Å². The molecule has 1 unspecified atom stereocenters. The van der Waals surface area contributed by atoms with Crippen LogP contribution < -0.4 is 0 Å². The smallest absolute Gasteiger partial charge is 0.260 e. The van der Waals surface area contributed by atoms with E-state index in [0.29, 0.717) is 30.0 Å². The number of nitrogens with zero attached hydrogens (tertiary/aromatic N) is 5. The van der Waals surface area contributed by atoms with Crippen LogP contribution in [0.1, 0.15) is 60.5 Å². The Morgan fingerprint density at radius 1 is 1.18 bits per heavy atom. The molecule has 1 fully saturated rings. The lowest BCUT2D eigenvalue weighted by Gasteiger charge is -2.24. The first-order valence-electron chi connectivity index (χ1n) is 11.3. The molecule has 0 radical (unpaired) electrons. The predicted molar refractivity (Wildman–Crippen MR) is 128 cm³/mol. The van der Waals surface area contributed by atoms with Crippen LogP contribution in [0.15, 0.2) is 54.9 Å². The highest BCUT2D eigenvalue weighted by Gasteiger charge is 2.37. The van der Waals surface area contributed by atoms with Gasteiger partial charge in [-0.25, -0.2) is 9.37 Å². The number of aromatic amines is 1. The lowest BCUT2D eigenvalue weighted by atomic mass is 9.87. The number of imidazole rings is 1. The number of hydrogen-bond acceptors (Lipinski definition) is 4. The third-order valence-electron chi connectivity index (χ3n) is 6.36. The van der Waals surface area contributed by atoms with E-state index in [1.165, 1.54) is 22.8 Å². The lowest BCUT2D eigenvalue weighted by Crippen LogP contribution is -2.33. The van der Waals surface area contributed by atoms with Gasteiger partial charge in [-0.15, -0.1) is 0 Å². The number of aryl methyl sites for hydroxylation is 1. The summed E-state index contributed by atoms with van der Waals surface area (Å²) in [6.07, 6.45) is 3.54. The summed E-state index contributed by atoms with van der Waals surface area (Å²) < 4.78 is 15.3. The minimum Gasteiger partial charge on any atom is -0.340 e. The summed E-state index contributed by atoms with van der Waals surface area (Å²) >= 11 is 0. The van der Waals surface area contributed by atoms with Crippen LogP contribution in [-0.2, 0) is 5.41 Å². The number of benzene rings is 2. The van der Waals surface area contributed by atoms with Crippen molar-refractivity contribution in [2.45, 2.75) is 45.6 Å². The van der Waals surface area contributed by atoms with Crippen LogP contribution in [0.5, 0.6) is 0 Å². The third-order valence-corrected chi connectivity index (χ3v) is 6.36. The van der Waals surface area contributed by atoms with Gasteiger partial charge < -0.3 is 9.88 Å². The van der Waals surface area contributed by atoms with Gasteiger partial charge in [-0.3, -0.25) is 4.79 Å². The third kappa shape index (κ3) is 3.69. The topological polar surface area (TPSA) is 79.7 Å². The molecular weight excluding hydrogens is 431 g/mol. The Labute approximate surface area is 197 Å². The van der Waals surface area contributed by atoms with Gasteiger partial charge in [0, 0.05) is 6.54 Å². The monoisotopic (exact) mass is 458 g/mol. The maximum atomic E-state index is 15.3. The van der Waals surface area contributed by atoms with Crippen molar-refractivity contribution in [3.05, 3.63) is 83.2 Å². The van der Waals surface area contributed by atoms with Crippen molar-refractivity contribution in [2.24, 2.45) is 0 Å². The summed E-state index contributed by atoms with van der Waals surface area (Å²) in [5.74, 6) is -0.344. The molecule has 5 rings (SSSR count). The van der Waals surface area contributed by atoms with Gasteiger partial charge >= 0.3 is 0 Å². The number of likely N-dealkylation sites (tertiary alicyclic amines) is 1. The zero-order valence-corrected chi connectivity index (χ0v) is 19.8. The standard InChI is InChI=1S/C26H27FN6O/c1-15-12-21(24-30-18-8-7-17(26(3,4)5)13-19(18)31-24)32(14-15)25(34)22-20(33-28-10-11-29-33)9-6-16(2)23(22)27/h6-11,13,21H,1,12,14H2,2-5H3,(H,30,31). The number of rotatable bonds is 3. The van der Waals surface area contributed by atoms with Crippen molar-refractivity contribution in [3.63, 3.8) is 0 Å². The van der Waals surface area contributed by atoms with Crippen LogP contribution in [-0.4, -0.2) is 42.3 Å². The molecule has 34 heavy (non-hydrogen) atoms. The normalized spacial score (nSPS) is 16.6. The molecule has 1 atom stereocenters. The molecular formula is C26H27FN6O. The van der Waals surface area contributed by atoms with E-state index in [4.69, 9.17) is 4.98 Å². The molecule has 1 aliphatic heterocycles. The first-order valence-corrected chi connectivity index (χ1v) is 11.3. The van der Waals surface area contributed by atoms with E-state index < -0.39 is 11.7 Å². The number of carbonyl (C=O) groups is 1. The highest BCUT2D eigenvalue weighted by Crippen LogP contribution is 2.37. The number of halogens is 1. The summed E-state index contributed by atoms with van der Waals surface area (Å²) in [5.41, 5.74) is 4.44. The Hall–Kier alpha value is -3.81. The number of carbonyl (C=O) groups excluding carboxylic acids is 1.